The Morgan fingerprint density at radius 2 is 1.83 bits per heavy atom. The van der Waals surface area contributed by atoms with Crippen LogP contribution < -0.4 is 10.1 Å². The number of esters is 1. The fraction of sp³-hybridized carbons (Fsp3) is 0.400. The summed E-state index contributed by atoms with van der Waals surface area (Å²) >= 11 is 6.36. The molecule has 0 spiro atoms. The van der Waals surface area contributed by atoms with Crippen molar-refractivity contribution in [1.82, 2.24) is 4.90 Å². The van der Waals surface area contributed by atoms with E-state index in [4.69, 9.17) is 11.6 Å². The third kappa shape index (κ3) is 7.36. The van der Waals surface area contributed by atoms with E-state index >= 15 is 0 Å². The molecule has 1 N–H and O–H groups in total. The van der Waals surface area contributed by atoms with E-state index in [1.807, 2.05) is 0 Å². The van der Waals surface area contributed by atoms with Gasteiger partial charge in [0, 0.05) is 36.2 Å². The van der Waals surface area contributed by atoms with Crippen molar-refractivity contribution in [3.63, 3.8) is 0 Å². The number of methoxy groups -OCH3 is 1. The van der Waals surface area contributed by atoms with Crippen molar-refractivity contribution in [2.45, 2.75) is 50.9 Å². The molecule has 1 saturated heterocycles. The second kappa shape index (κ2) is 12.1. The minimum atomic E-state index is -4.86. The molecule has 36 heavy (non-hydrogen) atoms. The topological polar surface area (TPSA) is 84.9 Å². The normalized spacial score (nSPS) is 15.8. The lowest BCUT2D eigenvalue weighted by Crippen LogP contribution is -2.50. The van der Waals surface area contributed by atoms with Gasteiger partial charge in [-0.2, -0.15) is 0 Å². The van der Waals surface area contributed by atoms with Gasteiger partial charge in [0.05, 0.1) is 12.1 Å². The van der Waals surface area contributed by atoms with Gasteiger partial charge >= 0.3 is 12.3 Å². The van der Waals surface area contributed by atoms with Crippen molar-refractivity contribution >= 4 is 35.1 Å². The highest BCUT2D eigenvalue weighted by atomic mass is 35.5. The highest BCUT2D eigenvalue weighted by molar-refractivity contribution is 6.33. The molecule has 1 aliphatic heterocycles. The molecule has 7 nitrogen and oxygen atoms in total. The Bertz CT molecular complexity index is 1110. The molecule has 1 aliphatic rings. The Balaban J connectivity index is 1.71. The lowest BCUT2D eigenvalue weighted by Gasteiger charge is -2.34. The van der Waals surface area contributed by atoms with Crippen LogP contribution in [0, 0.1) is 0 Å². The second-order valence-corrected chi connectivity index (χ2v) is 8.66. The molecule has 3 rings (SSSR count). The monoisotopic (exact) mass is 526 g/mol. The largest absolute Gasteiger partial charge is 0.573 e. The minimum absolute atomic E-state index is 0.116. The number of anilines is 1. The molecule has 2 aromatic carbocycles. The predicted octanol–water partition coefficient (Wildman–Crippen LogP) is 5.57. The quantitative estimate of drug-likeness (QED) is 0.455. The van der Waals surface area contributed by atoms with Crippen LogP contribution in [0.2, 0.25) is 5.02 Å². The van der Waals surface area contributed by atoms with Crippen molar-refractivity contribution in [2.24, 2.45) is 0 Å². The van der Waals surface area contributed by atoms with E-state index in [2.05, 4.69) is 14.8 Å². The van der Waals surface area contributed by atoms with Crippen LogP contribution in [0.5, 0.6) is 5.75 Å². The number of nitrogens with zero attached hydrogens (tertiary/aromatic N) is 1. The van der Waals surface area contributed by atoms with Gasteiger partial charge in [0.1, 0.15) is 11.8 Å². The zero-order chi connectivity index (χ0) is 26.3. The number of carbonyl (C=O) groups excluding carboxylic acids is 3. The first-order valence-electron chi connectivity index (χ1n) is 11.4. The lowest BCUT2D eigenvalue weighted by atomic mass is 10.00. The van der Waals surface area contributed by atoms with E-state index in [0.717, 1.165) is 12.8 Å². The van der Waals surface area contributed by atoms with Gasteiger partial charge in [0.25, 0.3) is 0 Å². The summed E-state index contributed by atoms with van der Waals surface area (Å²) in [6.07, 6.45) is -2.26. The standard InChI is InChI=1S/C25H26ClF3N2O5/c1-35-23(33)11-6-10-22(32)31-14-5-4-8-20(31)24(34)30-16-12-13-17(19(26)15-16)18-7-2-3-9-21(18)36-25(27,28)29/h2-3,7,9,12-13,15,20H,4-6,8,10-11,14H2,1H3,(H,30,34)/t20-/m1/s1. The number of ether oxygens (including phenoxy) is 2. The van der Waals surface area contributed by atoms with Crippen LogP contribution in [-0.2, 0) is 19.1 Å². The highest BCUT2D eigenvalue weighted by Gasteiger charge is 2.33. The summed E-state index contributed by atoms with van der Waals surface area (Å²) in [7, 11) is 1.28. The second-order valence-electron chi connectivity index (χ2n) is 8.26. The van der Waals surface area contributed by atoms with E-state index in [1.54, 1.807) is 6.07 Å². The Kier molecular flexibility index (Phi) is 9.19. The highest BCUT2D eigenvalue weighted by Crippen LogP contribution is 2.38. The summed E-state index contributed by atoms with van der Waals surface area (Å²) in [4.78, 5) is 38.5. The molecular weight excluding hydrogens is 501 g/mol. The molecule has 11 heteroatoms. The van der Waals surface area contributed by atoms with Crippen LogP contribution in [-0.4, -0.2) is 48.7 Å². The van der Waals surface area contributed by atoms with Crippen LogP contribution in [0.1, 0.15) is 38.5 Å². The van der Waals surface area contributed by atoms with Crippen LogP contribution in [0.15, 0.2) is 42.5 Å². The van der Waals surface area contributed by atoms with Crippen molar-refractivity contribution < 1.29 is 37.0 Å². The molecule has 2 amide bonds. The van der Waals surface area contributed by atoms with Crippen LogP contribution >= 0.6 is 11.6 Å². The van der Waals surface area contributed by atoms with E-state index in [9.17, 15) is 27.6 Å². The van der Waals surface area contributed by atoms with Crippen LogP contribution in [0.4, 0.5) is 18.9 Å². The summed E-state index contributed by atoms with van der Waals surface area (Å²) in [5.41, 5.74) is 0.787. The average Bonchev–Trinajstić information content (AvgIpc) is 2.83. The molecule has 0 aromatic heterocycles. The number of alkyl halides is 3. The Morgan fingerprint density at radius 1 is 1.08 bits per heavy atom. The first-order valence-corrected chi connectivity index (χ1v) is 11.8. The number of likely N-dealkylation sites (tertiary alicyclic amines) is 1. The zero-order valence-corrected chi connectivity index (χ0v) is 20.3. The number of para-hydroxylation sites is 1. The van der Waals surface area contributed by atoms with Crippen molar-refractivity contribution in [1.29, 1.82) is 0 Å². The molecule has 1 fully saturated rings. The third-order valence-electron chi connectivity index (χ3n) is 5.76. The molecule has 1 heterocycles. The summed E-state index contributed by atoms with van der Waals surface area (Å²) in [6, 6.07) is 9.39. The molecule has 194 valence electrons. The van der Waals surface area contributed by atoms with Gasteiger partial charge in [-0.25, -0.2) is 0 Å². The summed E-state index contributed by atoms with van der Waals surface area (Å²) in [5.74, 6) is -1.40. The first-order chi connectivity index (χ1) is 17.1. The fourth-order valence-electron chi connectivity index (χ4n) is 4.07. The van der Waals surface area contributed by atoms with Gasteiger partial charge in [-0.15, -0.1) is 13.2 Å². The number of piperidine rings is 1. The molecular formula is C25H26ClF3N2O5. The number of rotatable bonds is 8. The Labute approximate surface area is 211 Å². The van der Waals surface area contributed by atoms with Crippen molar-refractivity contribution in [3.05, 3.63) is 47.5 Å². The SMILES string of the molecule is COC(=O)CCCC(=O)N1CCCC[C@@H]1C(=O)Nc1ccc(-c2ccccc2OC(F)(F)F)c(Cl)c1. The van der Waals surface area contributed by atoms with E-state index in [-0.39, 0.29) is 35.2 Å². The van der Waals surface area contributed by atoms with Gasteiger partial charge in [0.15, 0.2) is 0 Å². The number of halogens is 4. The molecule has 2 aromatic rings. The number of nitrogens with one attached hydrogen (secondary N) is 1. The smallest absolute Gasteiger partial charge is 0.469 e. The first kappa shape index (κ1) is 27.3. The lowest BCUT2D eigenvalue weighted by molar-refractivity contribution is -0.274. The number of amides is 2. The average molecular weight is 527 g/mol. The van der Waals surface area contributed by atoms with Crippen LogP contribution in [0.25, 0.3) is 11.1 Å². The summed E-state index contributed by atoms with van der Waals surface area (Å²) in [6.45, 7) is 0.435. The van der Waals surface area contributed by atoms with Gasteiger partial charge < -0.3 is 19.7 Å². The van der Waals surface area contributed by atoms with Gasteiger partial charge in [-0.05, 0) is 43.9 Å². The van der Waals surface area contributed by atoms with Gasteiger partial charge in [-0.3, -0.25) is 14.4 Å². The molecule has 0 saturated carbocycles. The maximum absolute atomic E-state index is 13.0. The molecule has 0 bridgehead atoms. The summed E-state index contributed by atoms with van der Waals surface area (Å²) in [5, 5.41) is 2.87. The van der Waals surface area contributed by atoms with E-state index in [1.165, 1.54) is 48.4 Å². The number of carbonyl (C=O) groups is 3. The Morgan fingerprint density at radius 3 is 2.53 bits per heavy atom. The van der Waals surface area contributed by atoms with Crippen molar-refractivity contribution in [3.8, 4) is 16.9 Å². The van der Waals surface area contributed by atoms with Gasteiger partial charge in [0.2, 0.25) is 11.8 Å². The summed E-state index contributed by atoms with van der Waals surface area (Å²) < 4.78 is 47.0. The Hall–Kier alpha value is -3.27. The third-order valence-corrected chi connectivity index (χ3v) is 6.08. The molecule has 0 unspecified atom stereocenters. The molecule has 0 radical (unpaired) electrons. The molecule has 1 atom stereocenters. The number of hydrogen-bond acceptors (Lipinski definition) is 5. The van der Waals surface area contributed by atoms with Crippen molar-refractivity contribution in [2.75, 3.05) is 19.0 Å². The van der Waals surface area contributed by atoms with E-state index in [0.29, 0.717) is 30.6 Å². The fourth-order valence-corrected chi connectivity index (χ4v) is 4.35. The zero-order valence-electron chi connectivity index (χ0n) is 19.6. The minimum Gasteiger partial charge on any atom is -0.469 e. The number of benzene rings is 2. The van der Waals surface area contributed by atoms with Crippen LogP contribution in [0.3, 0.4) is 0 Å². The predicted molar refractivity (Wildman–Crippen MR) is 127 cm³/mol. The maximum Gasteiger partial charge on any atom is 0.573 e. The number of hydrogen-bond donors (Lipinski definition) is 1. The molecule has 0 aliphatic carbocycles. The maximum atomic E-state index is 13.0. The van der Waals surface area contributed by atoms with Gasteiger partial charge in [-0.1, -0.05) is 35.9 Å². The van der Waals surface area contributed by atoms with E-state index < -0.39 is 24.1 Å².